The van der Waals surface area contributed by atoms with E-state index < -0.39 is 0 Å². The Labute approximate surface area is 159 Å². The molecule has 0 bridgehead atoms. The molecule has 0 saturated heterocycles. The molecule has 3 aromatic rings. The second-order valence-electron chi connectivity index (χ2n) is 6.56. The highest BCUT2D eigenvalue weighted by molar-refractivity contribution is 7.10. The number of anilines is 1. The molecular weight excluding hydrogens is 340 g/mol. The number of aryl methyl sites for hydroxylation is 3. The van der Waals surface area contributed by atoms with Crippen LogP contribution >= 0.6 is 11.3 Å². The fourth-order valence-electron chi connectivity index (χ4n) is 3.24. The van der Waals surface area contributed by atoms with Gasteiger partial charge < -0.3 is 5.32 Å². The number of hydrogen-bond donors (Lipinski definition) is 2. The third-order valence-electron chi connectivity index (χ3n) is 4.37. The molecule has 0 radical (unpaired) electrons. The molecule has 0 unspecified atom stereocenters. The van der Waals surface area contributed by atoms with E-state index in [-0.39, 0.29) is 18.5 Å². The lowest BCUT2D eigenvalue weighted by molar-refractivity contribution is -0.115. The van der Waals surface area contributed by atoms with Crippen molar-refractivity contribution in [3.05, 3.63) is 87.1 Å². The minimum atomic E-state index is -0.0301. The zero-order chi connectivity index (χ0) is 18.5. The van der Waals surface area contributed by atoms with E-state index in [1.54, 1.807) is 11.3 Å². The highest BCUT2D eigenvalue weighted by Gasteiger charge is 2.16. The summed E-state index contributed by atoms with van der Waals surface area (Å²) in [7, 11) is 0. The normalized spacial score (nSPS) is 12.0. The maximum atomic E-state index is 12.5. The SMILES string of the molecule is Cc1cc(C)c(NC(=O)CN[C@H](c2ccccc2)c2cccs2)c(C)c1. The molecule has 1 amide bonds. The summed E-state index contributed by atoms with van der Waals surface area (Å²) in [5.41, 5.74) is 5.46. The summed E-state index contributed by atoms with van der Waals surface area (Å²) in [4.78, 5) is 13.7. The van der Waals surface area contributed by atoms with Crippen molar-refractivity contribution in [2.75, 3.05) is 11.9 Å². The molecule has 4 heteroatoms. The van der Waals surface area contributed by atoms with Gasteiger partial charge in [-0.15, -0.1) is 11.3 Å². The first-order chi connectivity index (χ1) is 12.5. The van der Waals surface area contributed by atoms with Crippen LogP contribution in [-0.2, 0) is 4.79 Å². The molecule has 1 heterocycles. The number of hydrogen-bond acceptors (Lipinski definition) is 3. The first kappa shape index (κ1) is 18.4. The molecule has 0 fully saturated rings. The molecule has 0 aliphatic carbocycles. The van der Waals surface area contributed by atoms with Gasteiger partial charge in [-0.05, 0) is 48.9 Å². The predicted molar refractivity (Wildman–Crippen MR) is 110 cm³/mol. The minimum Gasteiger partial charge on any atom is -0.324 e. The van der Waals surface area contributed by atoms with Crippen molar-refractivity contribution in [3.8, 4) is 0 Å². The number of nitrogens with one attached hydrogen (secondary N) is 2. The Kier molecular flexibility index (Phi) is 5.86. The van der Waals surface area contributed by atoms with Crippen LogP contribution in [0.2, 0.25) is 0 Å². The van der Waals surface area contributed by atoms with Crippen LogP contribution in [0.5, 0.6) is 0 Å². The average molecular weight is 365 g/mol. The topological polar surface area (TPSA) is 41.1 Å². The number of carbonyl (C=O) groups is 1. The van der Waals surface area contributed by atoms with Gasteiger partial charge in [-0.2, -0.15) is 0 Å². The molecule has 0 aliphatic heterocycles. The zero-order valence-electron chi connectivity index (χ0n) is 15.4. The van der Waals surface area contributed by atoms with Crippen LogP contribution in [-0.4, -0.2) is 12.5 Å². The molecule has 3 rings (SSSR count). The highest BCUT2D eigenvalue weighted by atomic mass is 32.1. The fourth-order valence-corrected chi connectivity index (χ4v) is 4.07. The van der Waals surface area contributed by atoms with Crippen molar-refractivity contribution in [2.24, 2.45) is 0 Å². The highest BCUT2D eigenvalue weighted by Crippen LogP contribution is 2.26. The van der Waals surface area contributed by atoms with Gasteiger partial charge in [-0.3, -0.25) is 10.1 Å². The summed E-state index contributed by atoms with van der Waals surface area (Å²) >= 11 is 1.69. The smallest absolute Gasteiger partial charge is 0.238 e. The Bertz CT molecular complexity index is 849. The van der Waals surface area contributed by atoms with Gasteiger partial charge in [-0.1, -0.05) is 54.1 Å². The summed E-state index contributed by atoms with van der Waals surface area (Å²) < 4.78 is 0. The maximum Gasteiger partial charge on any atom is 0.238 e. The molecule has 0 spiro atoms. The van der Waals surface area contributed by atoms with Gasteiger partial charge in [0.15, 0.2) is 0 Å². The van der Waals surface area contributed by atoms with Crippen molar-refractivity contribution < 1.29 is 4.79 Å². The number of benzene rings is 2. The number of rotatable bonds is 6. The van der Waals surface area contributed by atoms with E-state index in [0.717, 1.165) is 22.4 Å². The van der Waals surface area contributed by atoms with E-state index in [1.165, 1.54) is 10.4 Å². The van der Waals surface area contributed by atoms with Crippen LogP contribution in [0.4, 0.5) is 5.69 Å². The summed E-state index contributed by atoms with van der Waals surface area (Å²) in [6.07, 6.45) is 0. The van der Waals surface area contributed by atoms with Gasteiger partial charge in [0.05, 0.1) is 12.6 Å². The van der Waals surface area contributed by atoms with E-state index in [2.05, 4.69) is 53.3 Å². The van der Waals surface area contributed by atoms with Crippen molar-refractivity contribution in [1.29, 1.82) is 0 Å². The van der Waals surface area contributed by atoms with Crippen molar-refractivity contribution >= 4 is 22.9 Å². The number of carbonyl (C=O) groups excluding carboxylic acids is 1. The first-order valence-corrected chi connectivity index (χ1v) is 9.62. The summed E-state index contributed by atoms with van der Waals surface area (Å²) in [6.45, 7) is 6.38. The Morgan fingerprint density at radius 1 is 1.00 bits per heavy atom. The maximum absolute atomic E-state index is 12.5. The van der Waals surface area contributed by atoms with E-state index in [0.29, 0.717) is 0 Å². The lowest BCUT2D eigenvalue weighted by Gasteiger charge is -2.19. The zero-order valence-corrected chi connectivity index (χ0v) is 16.2. The molecule has 134 valence electrons. The van der Waals surface area contributed by atoms with E-state index in [1.807, 2.05) is 38.1 Å². The lowest BCUT2D eigenvalue weighted by atomic mass is 10.0. The second kappa shape index (κ2) is 8.30. The number of amides is 1. The van der Waals surface area contributed by atoms with Crippen molar-refractivity contribution in [1.82, 2.24) is 5.32 Å². The van der Waals surface area contributed by atoms with Crippen molar-refractivity contribution in [2.45, 2.75) is 26.8 Å². The van der Waals surface area contributed by atoms with Gasteiger partial charge in [0.1, 0.15) is 0 Å². The average Bonchev–Trinajstić information content (AvgIpc) is 3.13. The third kappa shape index (κ3) is 4.40. The van der Waals surface area contributed by atoms with Gasteiger partial charge >= 0.3 is 0 Å². The molecule has 0 saturated carbocycles. The van der Waals surface area contributed by atoms with Crippen LogP contribution in [0, 0.1) is 20.8 Å². The Hall–Kier alpha value is -2.43. The molecule has 2 N–H and O–H groups in total. The van der Waals surface area contributed by atoms with Gasteiger partial charge in [-0.25, -0.2) is 0 Å². The van der Waals surface area contributed by atoms with Crippen LogP contribution in [0.15, 0.2) is 60.0 Å². The monoisotopic (exact) mass is 364 g/mol. The van der Waals surface area contributed by atoms with Gasteiger partial charge in [0, 0.05) is 10.6 Å². The largest absolute Gasteiger partial charge is 0.324 e. The molecular formula is C22H24N2OS. The minimum absolute atomic E-state index is 0.0159. The summed E-state index contributed by atoms with van der Waals surface area (Å²) in [5, 5.41) is 8.53. The Morgan fingerprint density at radius 2 is 1.69 bits per heavy atom. The first-order valence-electron chi connectivity index (χ1n) is 8.74. The third-order valence-corrected chi connectivity index (χ3v) is 5.31. The predicted octanol–water partition coefficient (Wildman–Crippen LogP) is 4.99. The van der Waals surface area contributed by atoms with Crippen LogP contribution < -0.4 is 10.6 Å². The number of thiophene rings is 1. The van der Waals surface area contributed by atoms with Crippen LogP contribution in [0.1, 0.15) is 33.2 Å². The molecule has 1 atom stereocenters. The Balaban J connectivity index is 1.71. The van der Waals surface area contributed by atoms with Gasteiger partial charge in [0.2, 0.25) is 5.91 Å². The second-order valence-corrected chi connectivity index (χ2v) is 7.54. The van der Waals surface area contributed by atoms with E-state index in [9.17, 15) is 4.79 Å². The summed E-state index contributed by atoms with van der Waals surface area (Å²) in [6, 6.07) is 18.6. The van der Waals surface area contributed by atoms with Crippen LogP contribution in [0.3, 0.4) is 0 Å². The molecule has 0 aliphatic rings. The lowest BCUT2D eigenvalue weighted by Crippen LogP contribution is -2.31. The van der Waals surface area contributed by atoms with Gasteiger partial charge in [0.25, 0.3) is 0 Å². The van der Waals surface area contributed by atoms with Crippen molar-refractivity contribution in [3.63, 3.8) is 0 Å². The summed E-state index contributed by atoms with van der Waals surface area (Å²) in [5.74, 6) is -0.0301. The molecule has 2 aromatic carbocycles. The van der Waals surface area contributed by atoms with E-state index >= 15 is 0 Å². The molecule has 3 nitrogen and oxygen atoms in total. The van der Waals surface area contributed by atoms with E-state index in [4.69, 9.17) is 0 Å². The molecule has 1 aromatic heterocycles. The Morgan fingerprint density at radius 3 is 2.31 bits per heavy atom. The molecule has 26 heavy (non-hydrogen) atoms. The fraction of sp³-hybridized carbons (Fsp3) is 0.227. The standard InChI is InChI=1S/C22H24N2OS/c1-15-12-16(2)21(17(3)13-15)24-20(25)14-23-22(19-10-7-11-26-19)18-8-5-4-6-9-18/h4-13,22-23H,14H2,1-3H3,(H,24,25)/t22-/m1/s1. The van der Waals surface area contributed by atoms with Crippen LogP contribution in [0.25, 0.3) is 0 Å². The quantitative estimate of drug-likeness (QED) is 0.647.